The molecule has 3 aromatic rings. The first-order valence-corrected chi connectivity index (χ1v) is 12.0. The van der Waals surface area contributed by atoms with Crippen molar-refractivity contribution in [1.82, 2.24) is 5.43 Å². The third-order valence-corrected chi connectivity index (χ3v) is 6.54. The topological polar surface area (TPSA) is 71.0 Å². The average molecular weight is 561 g/mol. The van der Waals surface area contributed by atoms with Crippen molar-refractivity contribution in [1.29, 1.82) is 0 Å². The highest BCUT2D eigenvalue weighted by atomic mass is 79.9. The number of rotatable bonds is 7. The van der Waals surface area contributed by atoms with Crippen LogP contribution in [0.25, 0.3) is 0 Å². The summed E-state index contributed by atoms with van der Waals surface area (Å²) >= 11 is 15.4. The van der Waals surface area contributed by atoms with Crippen molar-refractivity contribution >= 4 is 62.8 Å². The SMILES string of the molecule is O=C(N/N=C\c1cccc(OCc2ccc(Cl)c(Cl)c2)c1)[C@H]1CC(=O)N(c2ccc(Br)cc2)C1. The van der Waals surface area contributed by atoms with E-state index < -0.39 is 5.92 Å². The fraction of sp³-hybridized carbons (Fsp3) is 0.160. The largest absolute Gasteiger partial charge is 0.489 e. The molecule has 0 saturated carbocycles. The van der Waals surface area contributed by atoms with Gasteiger partial charge >= 0.3 is 0 Å². The zero-order chi connectivity index (χ0) is 24.1. The molecule has 0 spiro atoms. The van der Waals surface area contributed by atoms with E-state index in [1.54, 1.807) is 17.0 Å². The molecule has 0 aromatic heterocycles. The van der Waals surface area contributed by atoms with Gasteiger partial charge < -0.3 is 9.64 Å². The van der Waals surface area contributed by atoms with Crippen LogP contribution in [0.2, 0.25) is 10.0 Å². The van der Waals surface area contributed by atoms with Gasteiger partial charge in [-0.25, -0.2) is 5.43 Å². The van der Waals surface area contributed by atoms with Crippen LogP contribution < -0.4 is 15.1 Å². The van der Waals surface area contributed by atoms with Crippen LogP contribution >= 0.6 is 39.1 Å². The number of hydrazone groups is 1. The van der Waals surface area contributed by atoms with Crippen LogP contribution in [0.15, 0.2) is 76.3 Å². The minimum Gasteiger partial charge on any atom is -0.489 e. The van der Waals surface area contributed by atoms with Crippen molar-refractivity contribution in [3.05, 3.63) is 92.4 Å². The van der Waals surface area contributed by atoms with E-state index in [-0.39, 0.29) is 18.2 Å². The number of carbonyl (C=O) groups excluding carboxylic acids is 2. The van der Waals surface area contributed by atoms with Crippen molar-refractivity contribution in [3.63, 3.8) is 0 Å². The first-order chi connectivity index (χ1) is 16.4. The summed E-state index contributed by atoms with van der Waals surface area (Å²) in [5.74, 6) is -0.198. The molecular weight excluding hydrogens is 541 g/mol. The minimum absolute atomic E-state index is 0.0849. The van der Waals surface area contributed by atoms with Crippen LogP contribution in [0.3, 0.4) is 0 Å². The second-order valence-electron chi connectivity index (χ2n) is 7.73. The number of nitrogens with zero attached hydrogens (tertiary/aromatic N) is 2. The number of benzene rings is 3. The number of nitrogens with one attached hydrogen (secondary N) is 1. The van der Waals surface area contributed by atoms with Crippen molar-refractivity contribution in [2.75, 3.05) is 11.4 Å². The Morgan fingerprint density at radius 2 is 1.91 bits per heavy atom. The lowest BCUT2D eigenvalue weighted by molar-refractivity contribution is -0.126. The maximum absolute atomic E-state index is 12.5. The van der Waals surface area contributed by atoms with Crippen molar-refractivity contribution in [2.24, 2.45) is 11.0 Å². The number of carbonyl (C=O) groups is 2. The van der Waals surface area contributed by atoms with Gasteiger partial charge in [-0.15, -0.1) is 0 Å². The Hall–Kier alpha value is -2.87. The Labute approximate surface area is 215 Å². The highest BCUT2D eigenvalue weighted by Gasteiger charge is 2.35. The molecule has 1 atom stereocenters. The van der Waals surface area contributed by atoms with Crippen LogP contribution in [0.5, 0.6) is 5.75 Å². The molecule has 3 aromatic carbocycles. The van der Waals surface area contributed by atoms with Crippen LogP contribution in [-0.4, -0.2) is 24.6 Å². The van der Waals surface area contributed by atoms with Crippen molar-refractivity contribution < 1.29 is 14.3 Å². The van der Waals surface area contributed by atoms with Gasteiger partial charge in [0.1, 0.15) is 12.4 Å². The molecule has 1 aliphatic heterocycles. The van der Waals surface area contributed by atoms with E-state index in [1.807, 2.05) is 54.6 Å². The van der Waals surface area contributed by atoms with E-state index in [1.165, 1.54) is 6.21 Å². The second-order valence-corrected chi connectivity index (χ2v) is 9.46. The lowest BCUT2D eigenvalue weighted by Gasteiger charge is -2.16. The Morgan fingerprint density at radius 3 is 2.68 bits per heavy atom. The lowest BCUT2D eigenvalue weighted by Crippen LogP contribution is -2.30. The normalized spacial score (nSPS) is 15.7. The summed E-state index contributed by atoms with van der Waals surface area (Å²) in [6.07, 6.45) is 1.68. The minimum atomic E-state index is -0.464. The summed E-state index contributed by atoms with van der Waals surface area (Å²) < 4.78 is 6.74. The Balaban J connectivity index is 1.30. The molecule has 0 aliphatic carbocycles. The van der Waals surface area contributed by atoms with Gasteiger partial charge in [-0.05, 0) is 59.7 Å². The molecule has 9 heteroatoms. The lowest BCUT2D eigenvalue weighted by atomic mass is 10.1. The maximum Gasteiger partial charge on any atom is 0.245 e. The number of ether oxygens (including phenoxy) is 1. The van der Waals surface area contributed by atoms with Crippen molar-refractivity contribution in [3.8, 4) is 5.75 Å². The molecule has 1 N–H and O–H groups in total. The number of halogens is 3. The molecule has 4 rings (SSSR count). The molecule has 1 aliphatic rings. The predicted molar refractivity (Wildman–Crippen MR) is 138 cm³/mol. The Bertz CT molecular complexity index is 1230. The summed E-state index contributed by atoms with van der Waals surface area (Å²) in [6.45, 7) is 0.651. The van der Waals surface area contributed by atoms with Gasteiger partial charge in [0.2, 0.25) is 11.8 Å². The van der Waals surface area contributed by atoms with Gasteiger partial charge in [0.05, 0.1) is 22.2 Å². The molecular formula is C25H20BrCl2N3O3. The fourth-order valence-electron chi connectivity index (χ4n) is 3.50. The van der Waals surface area contributed by atoms with E-state index in [4.69, 9.17) is 27.9 Å². The third kappa shape index (κ3) is 6.17. The smallest absolute Gasteiger partial charge is 0.245 e. The van der Waals surface area contributed by atoms with E-state index >= 15 is 0 Å². The number of anilines is 1. The standard InChI is InChI=1S/C25H20BrCl2N3O3/c26-19-5-7-20(8-6-19)31-14-18(12-24(31)32)25(33)30-29-13-16-2-1-3-21(10-16)34-15-17-4-9-22(27)23(28)11-17/h1-11,13,18H,12,14-15H2,(H,30,33)/b29-13-/t18-/m0/s1. The van der Waals surface area contributed by atoms with E-state index in [2.05, 4.69) is 26.5 Å². The van der Waals surface area contributed by atoms with E-state index in [0.717, 1.165) is 21.3 Å². The van der Waals surface area contributed by atoms with Crippen LogP contribution in [-0.2, 0) is 16.2 Å². The van der Waals surface area contributed by atoms with Crippen molar-refractivity contribution in [2.45, 2.75) is 13.0 Å². The van der Waals surface area contributed by atoms with Gasteiger partial charge in [0.25, 0.3) is 0 Å². The summed E-state index contributed by atoms with van der Waals surface area (Å²) in [4.78, 5) is 26.5. The monoisotopic (exact) mass is 559 g/mol. The molecule has 0 radical (unpaired) electrons. The molecule has 0 bridgehead atoms. The molecule has 174 valence electrons. The molecule has 1 saturated heterocycles. The van der Waals surface area contributed by atoms with Crippen LogP contribution in [0.1, 0.15) is 17.5 Å². The van der Waals surface area contributed by atoms with Gasteiger partial charge in [0, 0.05) is 23.1 Å². The number of hydrogen-bond acceptors (Lipinski definition) is 4. The zero-order valence-corrected chi connectivity index (χ0v) is 21.0. The predicted octanol–water partition coefficient (Wildman–Crippen LogP) is 5.84. The first kappa shape index (κ1) is 24.3. The quantitative estimate of drug-likeness (QED) is 0.291. The molecule has 34 heavy (non-hydrogen) atoms. The van der Waals surface area contributed by atoms with Gasteiger partial charge in [-0.2, -0.15) is 5.10 Å². The zero-order valence-electron chi connectivity index (χ0n) is 17.9. The summed E-state index contributed by atoms with van der Waals surface area (Å²) in [6, 6.07) is 20.1. The highest BCUT2D eigenvalue weighted by Crippen LogP contribution is 2.27. The molecule has 6 nitrogen and oxygen atoms in total. The highest BCUT2D eigenvalue weighted by molar-refractivity contribution is 9.10. The Kier molecular flexibility index (Phi) is 7.88. The summed E-state index contributed by atoms with van der Waals surface area (Å²) in [5, 5.41) is 5.02. The van der Waals surface area contributed by atoms with E-state index in [0.29, 0.717) is 28.9 Å². The van der Waals surface area contributed by atoms with Gasteiger partial charge in [0.15, 0.2) is 0 Å². The Morgan fingerprint density at radius 1 is 1.12 bits per heavy atom. The third-order valence-electron chi connectivity index (χ3n) is 5.27. The second kappa shape index (κ2) is 11.0. The fourth-order valence-corrected chi connectivity index (χ4v) is 4.08. The number of amides is 2. The van der Waals surface area contributed by atoms with Gasteiger partial charge in [-0.3, -0.25) is 9.59 Å². The molecule has 2 amide bonds. The van der Waals surface area contributed by atoms with Gasteiger partial charge in [-0.1, -0.05) is 57.3 Å². The van der Waals surface area contributed by atoms with Crippen LogP contribution in [0.4, 0.5) is 5.69 Å². The summed E-state index contributed by atoms with van der Waals surface area (Å²) in [5.41, 5.74) is 4.96. The molecule has 1 heterocycles. The maximum atomic E-state index is 12.5. The summed E-state index contributed by atoms with van der Waals surface area (Å²) in [7, 11) is 0. The molecule has 0 unspecified atom stereocenters. The average Bonchev–Trinajstić information content (AvgIpc) is 3.22. The first-order valence-electron chi connectivity index (χ1n) is 10.4. The number of hydrogen-bond donors (Lipinski definition) is 1. The molecule has 1 fully saturated rings. The van der Waals surface area contributed by atoms with E-state index in [9.17, 15) is 9.59 Å². The van der Waals surface area contributed by atoms with Crippen LogP contribution in [0, 0.1) is 5.92 Å².